The summed E-state index contributed by atoms with van der Waals surface area (Å²) >= 11 is 0. The van der Waals surface area contributed by atoms with Crippen molar-refractivity contribution in [2.75, 3.05) is 13.2 Å². The van der Waals surface area contributed by atoms with E-state index >= 15 is 0 Å². The standard InChI is InChI=1S/C55H100O6/c1-4-7-10-13-16-19-22-25-26-27-28-29-31-33-36-39-42-45-48-54(57)60-51-52(50-59-53(56)47-44-41-38-35-32-24-21-18-15-12-9-6-3)61-55(58)49-46-43-40-37-34-30-23-20-17-14-11-8-5-2/h11,14,18,20-21,23,52H,4-10,12-13,15-17,19,22,24-51H2,1-3H3/b14-11-,21-18-,23-20-. The third-order valence-corrected chi connectivity index (χ3v) is 11.6. The predicted molar refractivity (Wildman–Crippen MR) is 261 cm³/mol. The van der Waals surface area contributed by atoms with E-state index in [9.17, 15) is 14.4 Å². The molecule has 0 saturated heterocycles. The van der Waals surface area contributed by atoms with Crippen LogP contribution in [0.3, 0.4) is 0 Å². The molecule has 1 atom stereocenters. The summed E-state index contributed by atoms with van der Waals surface area (Å²) in [5, 5.41) is 0. The fraction of sp³-hybridized carbons (Fsp3) is 0.836. The molecule has 0 spiro atoms. The lowest BCUT2D eigenvalue weighted by atomic mass is 10.0. The van der Waals surface area contributed by atoms with Gasteiger partial charge < -0.3 is 14.2 Å². The van der Waals surface area contributed by atoms with Crippen molar-refractivity contribution in [2.24, 2.45) is 0 Å². The van der Waals surface area contributed by atoms with Gasteiger partial charge in [-0.3, -0.25) is 14.4 Å². The van der Waals surface area contributed by atoms with Crippen molar-refractivity contribution in [3.63, 3.8) is 0 Å². The zero-order valence-corrected chi connectivity index (χ0v) is 40.7. The number of carbonyl (C=O) groups excluding carboxylic acids is 3. The van der Waals surface area contributed by atoms with Crippen LogP contribution in [-0.2, 0) is 28.6 Å². The second kappa shape index (κ2) is 50.3. The summed E-state index contributed by atoms with van der Waals surface area (Å²) in [6, 6.07) is 0. The first kappa shape index (κ1) is 58.6. The highest BCUT2D eigenvalue weighted by molar-refractivity contribution is 5.71. The van der Waals surface area contributed by atoms with E-state index in [0.29, 0.717) is 19.3 Å². The zero-order valence-electron chi connectivity index (χ0n) is 40.7. The molecule has 0 aromatic rings. The number of allylic oxidation sites excluding steroid dienone is 6. The molecule has 356 valence electrons. The summed E-state index contributed by atoms with van der Waals surface area (Å²) < 4.78 is 16.8. The molecule has 6 heteroatoms. The van der Waals surface area contributed by atoms with E-state index in [4.69, 9.17) is 14.2 Å². The van der Waals surface area contributed by atoms with Crippen molar-refractivity contribution >= 4 is 17.9 Å². The van der Waals surface area contributed by atoms with Crippen molar-refractivity contribution < 1.29 is 28.6 Å². The maximum absolute atomic E-state index is 12.8. The molecule has 6 nitrogen and oxygen atoms in total. The molecule has 0 rings (SSSR count). The molecule has 0 aliphatic rings. The Labute approximate surface area is 378 Å². The molecule has 0 fully saturated rings. The summed E-state index contributed by atoms with van der Waals surface area (Å²) in [6.07, 6.45) is 58.4. The third kappa shape index (κ3) is 48.5. The van der Waals surface area contributed by atoms with E-state index in [2.05, 4.69) is 57.2 Å². The summed E-state index contributed by atoms with van der Waals surface area (Å²) in [7, 11) is 0. The lowest BCUT2D eigenvalue weighted by Gasteiger charge is -2.18. The van der Waals surface area contributed by atoms with Crippen LogP contribution >= 0.6 is 0 Å². The van der Waals surface area contributed by atoms with Crippen LogP contribution in [0.1, 0.15) is 278 Å². The molecular weight excluding hydrogens is 757 g/mol. The normalized spacial score (nSPS) is 12.2. The van der Waals surface area contributed by atoms with E-state index in [0.717, 1.165) is 96.3 Å². The predicted octanol–water partition coefficient (Wildman–Crippen LogP) is 17.3. The van der Waals surface area contributed by atoms with Crippen molar-refractivity contribution in [3.05, 3.63) is 36.5 Å². The Hall–Kier alpha value is -2.37. The number of unbranched alkanes of at least 4 members (excludes halogenated alkanes) is 31. The van der Waals surface area contributed by atoms with Crippen LogP contribution in [0, 0.1) is 0 Å². The quantitative estimate of drug-likeness (QED) is 0.0262. The maximum atomic E-state index is 12.8. The number of ether oxygens (including phenoxy) is 3. The molecule has 0 aliphatic carbocycles. The Morgan fingerprint density at radius 3 is 1.02 bits per heavy atom. The lowest BCUT2D eigenvalue weighted by Crippen LogP contribution is -2.30. The Morgan fingerprint density at radius 1 is 0.328 bits per heavy atom. The fourth-order valence-electron chi connectivity index (χ4n) is 7.59. The SMILES string of the molecule is CCC/C=C\C/C=C\CCCCCCCC(=O)OC(COC(=O)CCCCCCC/C=C\CCCCC)COC(=O)CCCCCCCCCCCCCCCCCCCC. The van der Waals surface area contributed by atoms with Gasteiger partial charge in [-0.1, -0.05) is 224 Å². The minimum Gasteiger partial charge on any atom is -0.462 e. The molecule has 1 unspecified atom stereocenters. The van der Waals surface area contributed by atoms with Gasteiger partial charge in [-0.15, -0.1) is 0 Å². The van der Waals surface area contributed by atoms with Crippen LogP contribution in [0.15, 0.2) is 36.5 Å². The molecule has 0 radical (unpaired) electrons. The maximum Gasteiger partial charge on any atom is 0.306 e. The minimum atomic E-state index is -0.778. The summed E-state index contributed by atoms with van der Waals surface area (Å²) in [6.45, 7) is 6.56. The van der Waals surface area contributed by atoms with E-state index in [-0.39, 0.29) is 31.1 Å². The van der Waals surface area contributed by atoms with Crippen LogP contribution in [0.25, 0.3) is 0 Å². The molecule has 0 saturated carbocycles. The Morgan fingerprint density at radius 2 is 0.623 bits per heavy atom. The first-order chi connectivity index (χ1) is 30.0. The van der Waals surface area contributed by atoms with Gasteiger partial charge in [0.15, 0.2) is 6.10 Å². The number of esters is 3. The molecule has 0 heterocycles. The molecule has 0 aromatic heterocycles. The molecule has 0 aliphatic heterocycles. The highest BCUT2D eigenvalue weighted by atomic mass is 16.6. The second-order valence-electron chi connectivity index (χ2n) is 17.8. The van der Waals surface area contributed by atoms with Gasteiger partial charge >= 0.3 is 17.9 Å². The number of carbonyl (C=O) groups is 3. The monoisotopic (exact) mass is 857 g/mol. The summed E-state index contributed by atoms with van der Waals surface area (Å²) in [5.41, 5.74) is 0. The topological polar surface area (TPSA) is 78.9 Å². The van der Waals surface area contributed by atoms with Gasteiger partial charge in [-0.05, 0) is 70.6 Å². The van der Waals surface area contributed by atoms with Crippen LogP contribution in [0.4, 0.5) is 0 Å². The molecule has 0 aromatic carbocycles. The van der Waals surface area contributed by atoms with Gasteiger partial charge in [0.25, 0.3) is 0 Å². The lowest BCUT2D eigenvalue weighted by molar-refractivity contribution is -0.167. The van der Waals surface area contributed by atoms with Crippen molar-refractivity contribution in [1.29, 1.82) is 0 Å². The summed E-state index contributed by atoms with van der Waals surface area (Å²) in [4.78, 5) is 37.9. The molecule has 0 N–H and O–H groups in total. The highest BCUT2D eigenvalue weighted by Gasteiger charge is 2.19. The smallest absolute Gasteiger partial charge is 0.306 e. The van der Waals surface area contributed by atoms with Gasteiger partial charge in [0.1, 0.15) is 13.2 Å². The molecule has 0 bridgehead atoms. The van der Waals surface area contributed by atoms with E-state index in [1.807, 2.05) is 0 Å². The Balaban J connectivity index is 4.32. The average Bonchev–Trinajstić information content (AvgIpc) is 3.26. The molecule has 61 heavy (non-hydrogen) atoms. The van der Waals surface area contributed by atoms with E-state index in [1.54, 1.807) is 0 Å². The second-order valence-corrected chi connectivity index (χ2v) is 17.8. The molecule has 0 amide bonds. The number of rotatable bonds is 48. The zero-order chi connectivity index (χ0) is 44.4. The van der Waals surface area contributed by atoms with Gasteiger partial charge in [-0.25, -0.2) is 0 Å². The van der Waals surface area contributed by atoms with Gasteiger partial charge in [0, 0.05) is 19.3 Å². The first-order valence-corrected chi connectivity index (χ1v) is 26.5. The third-order valence-electron chi connectivity index (χ3n) is 11.6. The Bertz CT molecular complexity index is 1030. The van der Waals surface area contributed by atoms with Gasteiger partial charge in [-0.2, -0.15) is 0 Å². The minimum absolute atomic E-state index is 0.0775. The van der Waals surface area contributed by atoms with Crippen molar-refractivity contribution in [1.82, 2.24) is 0 Å². The van der Waals surface area contributed by atoms with Crippen molar-refractivity contribution in [3.8, 4) is 0 Å². The summed E-state index contributed by atoms with van der Waals surface area (Å²) in [5.74, 6) is -0.891. The van der Waals surface area contributed by atoms with Gasteiger partial charge in [0.05, 0.1) is 0 Å². The number of hydrogen-bond acceptors (Lipinski definition) is 6. The highest BCUT2D eigenvalue weighted by Crippen LogP contribution is 2.16. The fourth-order valence-corrected chi connectivity index (χ4v) is 7.59. The van der Waals surface area contributed by atoms with E-state index < -0.39 is 6.10 Å². The van der Waals surface area contributed by atoms with Crippen LogP contribution in [0.5, 0.6) is 0 Å². The largest absolute Gasteiger partial charge is 0.462 e. The van der Waals surface area contributed by atoms with Crippen LogP contribution in [-0.4, -0.2) is 37.2 Å². The average molecular weight is 857 g/mol. The van der Waals surface area contributed by atoms with Crippen LogP contribution < -0.4 is 0 Å². The van der Waals surface area contributed by atoms with Crippen LogP contribution in [0.2, 0.25) is 0 Å². The first-order valence-electron chi connectivity index (χ1n) is 26.5. The Kier molecular flexibility index (Phi) is 48.3. The van der Waals surface area contributed by atoms with Gasteiger partial charge in [0.2, 0.25) is 0 Å². The van der Waals surface area contributed by atoms with Crippen molar-refractivity contribution in [2.45, 2.75) is 284 Å². The van der Waals surface area contributed by atoms with E-state index in [1.165, 1.54) is 141 Å². The molecular formula is C55H100O6. The number of hydrogen-bond donors (Lipinski definition) is 0.